The molecular formula is C16H16N2O3. The summed E-state index contributed by atoms with van der Waals surface area (Å²) in [6.07, 6.45) is 1.65. The molecule has 0 heterocycles. The number of hydrogen-bond acceptors (Lipinski definition) is 4. The summed E-state index contributed by atoms with van der Waals surface area (Å²) in [4.78, 5) is 10.9. The predicted octanol–water partition coefficient (Wildman–Crippen LogP) is 3.23. The van der Waals surface area contributed by atoms with Crippen LogP contribution >= 0.6 is 0 Å². The second kappa shape index (κ2) is 7.09. The van der Waals surface area contributed by atoms with Gasteiger partial charge in [-0.25, -0.2) is 4.79 Å². The second-order valence-corrected chi connectivity index (χ2v) is 4.26. The normalized spacial score (nSPS) is 10.5. The summed E-state index contributed by atoms with van der Waals surface area (Å²) in [5, 5.41) is 13.0. The number of hydrazone groups is 1. The summed E-state index contributed by atoms with van der Waals surface area (Å²) in [7, 11) is 0. The standard InChI is InChI=1S/C16H16N2O3/c1-2-21-15-8-3-5-12(9-15)11-17-18-14-7-4-6-13(10-14)16(19)20/h3-11,18H,2H2,1H3,(H,19,20). The van der Waals surface area contributed by atoms with Gasteiger partial charge in [0, 0.05) is 0 Å². The molecule has 2 rings (SSSR count). The third kappa shape index (κ3) is 4.35. The van der Waals surface area contributed by atoms with Crippen molar-refractivity contribution in [2.24, 2.45) is 5.10 Å². The van der Waals surface area contributed by atoms with E-state index in [2.05, 4.69) is 10.5 Å². The van der Waals surface area contributed by atoms with E-state index in [9.17, 15) is 4.79 Å². The molecule has 0 radical (unpaired) electrons. The first-order valence-electron chi connectivity index (χ1n) is 6.54. The number of ether oxygens (including phenoxy) is 1. The average Bonchev–Trinajstić information content (AvgIpc) is 2.48. The monoisotopic (exact) mass is 284 g/mol. The predicted molar refractivity (Wildman–Crippen MR) is 82.2 cm³/mol. The van der Waals surface area contributed by atoms with Gasteiger partial charge in [-0.1, -0.05) is 18.2 Å². The average molecular weight is 284 g/mol. The highest BCUT2D eigenvalue weighted by Gasteiger charge is 2.02. The fourth-order valence-electron chi connectivity index (χ4n) is 1.75. The Morgan fingerprint density at radius 3 is 2.86 bits per heavy atom. The summed E-state index contributed by atoms with van der Waals surface area (Å²) in [5.41, 5.74) is 4.53. The van der Waals surface area contributed by atoms with Crippen LogP contribution in [0.1, 0.15) is 22.8 Å². The van der Waals surface area contributed by atoms with Gasteiger partial charge in [-0.05, 0) is 42.8 Å². The fraction of sp³-hybridized carbons (Fsp3) is 0.125. The van der Waals surface area contributed by atoms with Crippen LogP contribution in [0.3, 0.4) is 0 Å². The molecule has 0 amide bonds. The first kappa shape index (κ1) is 14.6. The van der Waals surface area contributed by atoms with Crippen LogP contribution < -0.4 is 10.2 Å². The van der Waals surface area contributed by atoms with Crippen molar-refractivity contribution in [3.8, 4) is 5.75 Å². The summed E-state index contributed by atoms with van der Waals surface area (Å²) in [5.74, 6) is -0.179. The Bertz CT molecular complexity index is 653. The molecule has 0 atom stereocenters. The van der Waals surface area contributed by atoms with Gasteiger partial charge < -0.3 is 9.84 Å². The number of carbonyl (C=O) groups is 1. The van der Waals surface area contributed by atoms with Crippen molar-refractivity contribution in [3.05, 3.63) is 59.7 Å². The molecule has 0 aliphatic carbocycles. The fourth-order valence-corrected chi connectivity index (χ4v) is 1.75. The van der Waals surface area contributed by atoms with Crippen LogP contribution in [0.2, 0.25) is 0 Å². The van der Waals surface area contributed by atoms with Crippen molar-refractivity contribution in [1.82, 2.24) is 0 Å². The molecular weight excluding hydrogens is 268 g/mol. The van der Waals surface area contributed by atoms with Crippen molar-refractivity contribution in [3.63, 3.8) is 0 Å². The second-order valence-electron chi connectivity index (χ2n) is 4.26. The van der Waals surface area contributed by atoms with Crippen LogP contribution in [0.4, 0.5) is 5.69 Å². The Morgan fingerprint density at radius 1 is 1.29 bits per heavy atom. The first-order valence-corrected chi connectivity index (χ1v) is 6.54. The maximum absolute atomic E-state index is 10.9. The Kier molecular flexibility index (Phi) is 4.93. The molecule has 0 aliphatic heterocycles. The Hall–Kier alpha value is -2.82. The van der Waals surface area contributed by atoms with E-state index in [0.29, 0.717) is 12.3 Å². The SMILES string of the molecule is CCOc1cccc(C=NNc2cccc(C(=O)O)c2)c1. The minimum atomic E-state index is -0.966. The molecule has 0 saturated heterocycles. The van der Waals surface area contributed by atoms with Gasteiger partial charge in [-0.15, -0.1) is 0 Å². The highest BCUT2D eigenvalue weighted by Crippen LogP contribution is 2.13. The van der Waals surface area contributed by atoms with Crippen molar-refractivity contribution >= 4 is 17.9 Å². The van der Waals surface area contributed by atoms with E-state index in [1.807, 2.05) is 31.2 Å². The smallest absolute Gasteiger partial charge is 0.335 e. The number of nitrogens with one attached hydrogen (secondary N) is 1. The van der Waals surface area contributed by atoms with Gasteiger partial charge in [0.05, 0.1) is 24.1 Å². The molecule has 21 heavy (non-hydrogen) atoms. The van der Waals surface area contributed by atoms with E-state index < -0.39 is 5.97 Å². The number of carboxylic acids is 1. The maximum atomic E-state index is 10.9. The van der Waals surface area contributed by atoms with Crippen LogP contribution in [0.5, 0.6) is 5.75 Å². The van der Waals surface area contributed by atoms with Gasteiger partial charge in [-0.3, -0.25) is 5.43 Å². The molecule has 0 fully saturated rings. The third-order valence-corrected chi connectivity index (χ3v) is 2.69. The quantitative estimate of drug-likeness (QED) is 0.631. The first-order chi connectivity index (χ1) is 10.2. The van der Waals surface area contributed by atoms with E-state index >= 15 is 0 Å². The van der Waals surface area contributed by atoms with E-state index in [-0.39, 0.29) is 5.56 Å². The minimum absolute atomic E-state index is 0.216. The molecule has 0 aromatic heterocycles. The van der Waals surface area contributed by atoms with E-state index in [0.717, 1.165) is 11.3 Å². The minimum Gasteiger partial charge on any atom is -0.494 e. The van der Waals surface area contributed by atoms with Gasteiger partial charge in [-0.2, -0.15) is 5.10 Å². The molecule has 2 N–H and O–H groups in total. The zero-order valence-corrected chi connectivity index (χ0v) is 11.6. The number of carboxylic acid groups (broad SMARTS) is 1. The highest BCUT2D eigenvalue weighted by molar-refractivity contribution is 5.88. The van der Waals surface area contributed by atoms with Crippen LogP contribution in [-0.2, 0) is 0 Å². The molecule has 0 unspecified atom stereocenters. The Morgan fingerprint density at radius 2 is 2.10 bits per heavy atom. The molecule has 0 bridgehead atoms. The lowest BCUT2D eigenvalue weighted by Crippen LogP contribution is -1.98. The van der Waals surface area contributed by atoms with E-state index in [1.54, 1.807) is 18.3 Å². The van der Waals surface area contributed by atoms with Crippen molar-refractivity contribution < 1.29 is 14.6 Å². The van der Waals surface area contributed by atoms with E-state index in [1.165, 1.54) is 12.1 Å². The molecule has 2 aromatic carbocycles. The van der Waals surface area contributed by atoms with Gasteiger partial charge in [0.2, 0.25) is 0 Å². The van der Waals surface area contributed by atoms with Crippen LogP contribution in [0.25, 0.3) is 0 Å². The van der Waals surface area contributed by atoms with Gasteiger partial charge >= 0.3 is 5.97 Å². The van der Waals surface area contributed by atoms with Crippen molar-refractivity contribution in [1.29, 1.82) is 0 Å². The molecule has 0 aliphatic rings. The van der Waals surface area contributed by atoms with Crippen LogP contribution in [-0.4, -0.2) is 23.9 Å². The number of anilines is 1. The van der Waals surface area contributed by atoms with Gasteiger partial charge in [0.15, 0.2) is 0 Å². The van der Waals surface area contributed by atoms with Gasteiger partial charge in [0.1, 0.15) is 5.75 Å². The number of hydrogen-bond donors (Lipinski definition) is 2. The summed E-state index contributed by atoms with van der Waals surface area (Å²) < 4.78 is 5.41. The Labute approximate surface area is 122 Å². The summed E-state index contributed by atoms with van der Waals surface area (Å²) in [6.45, 7) is 2.54. The topological polar surface area (TPSA) is 70.9 Å². The maximum Gasteiger partial charge on any atom is 0.335 e. The molecule has 0 saturated carbocycles. The Balaban J connectivity index is 2.03. The lowest BCUT2D eigenvalue weighted by molar-refractivity contribution is 0.0697. The van der Waals surface area contributed by atoms with Gasteiger partial charge in [0.25, 0.3) is 0 Å². The number of nitrogens with zero attached hydrogens (tertiary/aromatic N) is 1. The molecule has 0 spiro atoms. The summed E-state index contributed by atoms with van der Waals surface area (Å²) >= 11 is 0. The highest BCUT2D eigenvalue weighted by atomic mass is 16.5. The lowest BCUT2D eigenvalue weighted by atomic mass is 10.2. The molecule has 5 heteroatoms. The number of aromatic carboxylic acids is 1. The van der Waals surface area contributed by atoms with Crippen LogP contribution in [0.15, 0.2) is 53.6 Å². The molecule has 5 nitrogen and oxygen atoms in total. The summed E-state index contributed by atoms with van der Waals surface area (Å²) in [6, 6.07) is 14.0. The third-order valence-electron chi connectivity index (χ3n) is 2.69. The molecule has 108 valence electrons. The van der Waals surface area contributed by atoms with E-state index in [4.69, 9.17) is 9.84 Å². The molecule has 2 aromatic rings. The zero-order valence-electron chi connectivity index (χ0n) is 11.6. The van der Waals surface area contributed by atoms with Crippen LogP contribution in [0, 0.1) is 0 Å². The lowest BCUT2D eigenvalue weighted by Gasteiger charge is -2.03. The largest absolute Gasteiger partial charge is 0.494 e. The number of benzene rings is 2. The van der Waals surface area contributed by atoms with Crippen molar-refractivity contribution in [2.45, 2.75) is 6.92 Å². The van der Waals surface area contributed by atoms with Crippen molar-refractivity contribution in [2.75, 3.05) is 12.0 Å². The number of rotatable bonds is 6. The zero-order chi connectivity index (χ0) is 15.1.